The number of aromatic nitrogens is 1. The van der Waals surface area contributed by atoms with Crippen LogP contribution in [0.5, 0.6) is 5.75 Å². The second-order valence-corrected chi connectivity index (χ2v) is 3.64. The number of nitrogen functional groups attached to an aromatic ring is 1. The maximum Gasteiger partial charge on any atom is 0.292 e. The Morgan fingerprint density at radius 1 is 1.24 bits per heavy atom. The van der Waals surface area contributed by atoms with E-state index in [0.717, 1.165) is 29.2 Å². The Balaban J connectivity index is 2.32. The first-order valence-electron chi connectivity index (χ1n) is 5.73. The second kappa shape index (κ2) is 4.91. The first-order valence-corrected chi connectivity index (χ1v) is 5.73. The van der Waals surface area contributed by atoms with Crippen LogP contribution in [0.4, 0.5) is 6.01 Å². The summed E-state index contributed by atoms with van der Waals surface area (Å²) in [5, 5.41) is 0. The molecule has 0 fully saturated rings. The van der Waals surface area contributed by atoms with Gasteiger partial charge in [0, 0.05) is 5.56 Å². The van der Waals surface area contributed by atoms with Gasteiger partial charge in [-0.05, 0) is 37.6 Å². The molecule has 0 atom stereocenters. The predicted octanol–water partition coefficient (Wildman–Crippen LogP) is 2.88. The van der Waals surface area contributed by atoms with Crippen molar-refractivity contribution in [3.63, 3.8) is 0 Å². The van der Waals surface area contributed by atoms with Crippen LogP contribution in [0.15, 0.2) is 28.7 Å². The van der Waals surface area contributed by atoms with Crippen molar-refractivity contribution in [3.05, 3.63) is 30.0 Å². The lowest BCUT2D eigenvalue weighted by atomic mass is 10.1. The number of aryl methyl sites for hydroxylation is 1. The van der Waals surface area contributed by atoms with E-state index in [1.54, 1.807) is 0 Å². The molecule has 1 aromatic heterocycles. The summed E-state index contributed by atoms with van der Waals surface area (Å²) >= 11 is 0. The average Bonchev–Trinajstić information content (AvgIpc) is 2.72. The van der Waals surface area contributed by atoms with Gasteiger partial charge < -0.3 is 14.9 Å². The number of benzene rings is 1. The molecule has 2 aromatic rings. The monoisotopic (exact) mass is 232 g/mol. The predicted molar refractivity (Wildman–Crippen MR) is 66.9 cm³/mol. The van der Waals surface area contributed by atoms with Crippen molar-refractivity contribution in [3.8, 4) is 17.1 Å². The Labute approximate surface area is 100 Å². The molecule has 2 rings (SSSR count). The minimum atomic E-state index is 0.214. The van der Waals surface area contributed by atoms with Crippen LogP contribution in [0, 0.1) is 0 Å². The van der Waals surface area contributed by atoms with E-state index in [1.165, 1.54) is 0 Å². The van der Waals surface area contributed by atoms with Gasteiger partial charge >= 0.3 is 0 Å². The van der Waals surface area contributed by atoms with Gasteiger partial charge in [-0.25, -0.2) is 0 Å². The van der Waals surface area contributed by atoms with Crippen molar-refractivity contribution in [1.29, 1.82) is 0 Å². The molecule has 1 aromatic carbocycles. The molecule has 0 aliphatic rings. The molecule has 0 aliphatic carbocycles. The molecule has 0 radical (unpaired) electrons. The number of hydrogen-bond donors (Lipinski definition) is 1. The van der Waals surface area contributed by atoms with E-state index in [0.29, 0.717) is 6.61 Å². The zero-order valence-corrected chi connectivity index (χ0v) is 10.1. The fourth-order valence-electron chi connectivity index (χ4n) is 1.70. The Bertz CT molecular complexity index is 489. The summed E-state index contributed by atoms with van der Waals surface area (Å²) in [5.41, 5.74) is 7.42. The molecule has 0 saturated heterocycles. The Kier molecular flexibility index (Phi) is 3.32. The smallest absolute Gasteiger partial charge is 0.292 e. The molecule has 17 heavy (non-hydrogen) atoms. The molecular formula is C13H16N2O2. The van der Waals surface area contributed by atoms with Gasteiger partial charge in [0.25, 0.3) is 6.01 Å². The first-order chi connectivity index (χ1) is 8.24. The van der Waals surface area contributed by atoms with E-state index in [4.69, 9.17) is 14.9 Å². The van der Waals surface area contributed by atoms with Crippen LogP contribution in [0.1, 0.15) is 19.5 Å². The van der Waals surface area contributed by atoms with Gasteiger partial charge in [-0.2, -0.15) is 4.98 Å². The quantitative estimate of drug-likeness (QED) is 0.880. The van der Waals surface area contributed by atoms with Gasteiger partial charge in [0.1, 0.15) is 5.75 Å². The zero-order valence-electron chi connectivity index (χ0n) is 10.1. The van der Waals surface area contributed by atoms with E-state index < -0.39 is 0 Å². The zero-order chi connectivity index (χ0) is 12.3. The van der Waals surface area contributed by atoms with E-state index in [2.05, 4.69) is 4.98 Å². The number of ether oxygens (including phenoxy) is 1. The summed E-state index contributed by atoms with van der Waals surface area (Å²) in [5.74, 6) is 1.59. The van der Waals surface area contributed by atoms with Crippen LogP contribution in [-0.4, -0.2) is 11.6 Å². The third-order valence-electron chi connectivity index (χ3n) is 2.48. The van der Waals surface area contributed by atoms with Crippen LogP contribution in [0.2, 0.25) is 0 Å². The molecule has 0 bridgehead atoms. The fourth-order valence-corrected chi connectivity index (χ4v) is 1.70. The van der Waals surface area contributed by atoms with Crippen molar-refractivity contribution in [1.82, 2.24) is 4.98 Å². The van der Waals surface area contributed by atoms with Crippen LogP contribution in [0.3, 0.4) is 0 Å². The summed E-state index contributed by atoms with van der Waals surface area (Å²) < 4.78 is 10.8. The molecule has 4 heteroatoms. The third-order valence-corrected chi connectivity index (χ3v) is 2.48. The molecule has 0 saturated carbocycles. The summed E-state index contributed by atoms with van der Waals surface area (Å²) in [7, 11) is 0. The van der Waals surface area contributed by atoms with Crippen LogP contribution in [0.25, 0.3) is 11.3 Å². The standard InChI is InChI=1S/C13H16N2O2/c1-3-11-12(17-13(14)15-11)9-5-7-10(8-6-9)16-4-2/h5-8H,3-4H2,1-2H3,(H2,14,15). The lowest BCUT2D eigenvalue weighted by Gasteiger charge is -2.03. The minimum Gasteiger partial charge on any atom is -0.494 e. The van der Waals surface area contributed by atoms with Gasteiger partial charge in [-0.1, -0.05) is 6.92 Å². The number of oxazole rings is 1. The summed E-state index contributed by atoms with van der Waals surface area (Å²) in [6.45, 7) is 4.64. The van der Waals surface area contributed by atoms with Crippen molar-refractivity contribution >= 4 is 6.01 Å². The van der Waals surface area contributed by atoms with E-state index in [9.17, 15) is 0 Å². The summed E-state index contributed by atoms with van der Waals surface area (Å²) in [4.78, 5) is 4.14. The molecule has 1 heterocycles. The van der Waals surface area contributed by atoms with Crippen molar-refractivity contribution in [2.75, 3.05) is 12.3 Å². The molecular weight excluding hydrogens is 216 g/mol. The molecule has 2 N–H and O–H groups in total. The molecule has 90 valence electrons. The Morgan fingerprint density at radius 2 is 1.94 bits per heavy atom. The van der Waals surface area contributed by atoms with Gasteiger partial charge in [0.2, 0.25) is 0 Å². The number of anilines is 1. The van der Waals surface area contributed by atoms with Crippen molar-refractivity contribution in [2.45, 2.75) is 20.3 Å². The van der Waals surface area contributed by atoms with E-state index in [1.807, 2.05) is 38.1 Å². The number of rotatable bonds is 4. The number of nitrogens with zero attached hydrogens (tertiary/aromatic N) is 1. The van der Waals surface area contributed by atoms with E-state index in [-0.39, 0.29) is 6.01 Å². The average molecular weight is 232 g/mol. The fraction of sp³-hybridized carbons (Fsp3) is 0.308. The lowest BCUT2D eigenvalue weighted by molar-refractivity contribution is 0.340. The van der Waals surface area contributed by atoms with Crippen molar-refractivity contribution < 1.29 is 9.15 Å². The largest absolute Gasteiger partial charge is 0.494 e. The highest BCUT2D eigenvalue weighted by atomic mass is 16.5. The Hall–Kier alpha value is -1.97. The molecule has 0 unspecified atom stereocenters. The van der Waals surface area contributed by atoms with Crippen LogP contribution >= 0.6 is 0 Å². The highest BCUT2D eigenvalue weighted by Gasteiger charge is 2.11. The Morgan fingerprint density at radius 3 is 2.53 bits per heavy atom. The third kappa shape index (κ3) is 2.41. The van der Waals surface area contributed by atoms with E-state index >= 15 is 0 Å². The van der Waals surface area contributed by atoms with Gasteiger partial charge in [-0.15, -0.1) is 0 Å². The summed E-state index contributed by atoms with van der Waals surface area (Å²) in [6.07, 6.45) is 0.795. The normalized spacial score (nSPS) is 10.5. The highest BCUT2D eigenvalue weighted by molar-refractivity contribution is 5.62. The number of nitrogens with two attached hydrogens (primary N) is 1. The minimum absolute atomic E-state index is 0.214. The van der Waals surface area contributed by atoms with Gasteiger partial charge in [0.15, 0.2) is 5.76 Å². The van der Waals surface area contributed by atoms with Crippen molar-refractivity contribution in [2.24, 2.45) is 0 Å². The maximum absolute atomic E-state index is 5.57. The highest BCUT2D eigenvalue weighted by Crippen LogP contribution is 2.27. The number of hydrogen-bond acceptors (Lipinski definition) is 4. The molecule has 4 nitrogen and oxygen atoms in total. The molecule has 0 aliphatic heterocycles. The summed E-state index contributed by atoms with van der Waals surface area (Å²) in [6, 6.07) is 7.94. The van der Waals surface area contributed by atoms with Crippen LogP contribution < -0.4 is 10.5 Å². The lowest BCUT2D eigenvalue weighted by Crippen LogP contribution is -1.91. The molecule has 0 spiro atoms. The van der Waals surface area contributed by atoms with Gasteiger partial charge in [0.05, 0.1) is 12.3 Å². The first kappa shape index (κ1) is 11.5. The molecule has 0 amide bonds. The SMILES string of the molecule is CCOc1ccc(-c2oc(N)nc2CC)cc1. The van der Waals surface area contributed by atoms with Crippen LogP contribution in [-0.2, 0) is 6.42 Å². The maximum atomic E-state index is 5.57. The van der Waals surface area contributed by atoms with Gasteiger partial charge in [-0.3, -0.25) is 0 Å². The topological polar surface area (TPSA) is 61.3 Å². The second-order valence-electron chi connectivity index (χ2n) is 3.64.